The highest BCUT2D eigenvalue weighted by atomic mass is 35.5. The van der Waals surface area contributed by atoms with Gasteiger partial charge in [0.15, 0.2) is 5.13 Å². The molecule has 0 atom stereocenters. The van der Waals surface area contributed by atoms with Gasteiger partial charge in [-0.3, -0.25) is 0 Å². The molecule has 1 N–H and O–H groups in total. The van der Waals surface area contributed by atoms with Gasteiger partial charge in [-0.15, -0.1) is 0 Å². The van der Waals surface area contributed by atoms with Gasteiger partial charge in [0.05, 0.1) is 4.88 Å². The number of piperidine rings is 1. The summed E-state index contributed by atoms with van der Waals surface area (Å²) in [6.45, 7) is 2.07. The van der Waals surface area contributed by atoms with Crippen LogP contribution in [0.3, 0.4) is 0 Å². The first kappa shape index (κ1) is 12.8. The van der Waals surface area contributed by atoms with Crippen molar-refractivity contribution in [3.63, 3.8) is 0 Å². The first-order valence-corrected chi connectivity index (χ1v) is 7.64. The second-order valence-electron chi connectivity index (χ2n) is 4.70. The van der Waals surface area contributed by atoms with Crippen molar-refractivity contribution in [3.05, 3.63) is 29.3 Å². The highest BCUT2D eigenvalue weighted by Gasteiger charge is 2.18. The predicted octanol–water partition coefficient (Wildman–Crippen LogP) is 4.16. The highest BCUT2D eigenvalue weighted by molar-refractivity contribution is 7.19. The summed E-state index contributed by atoms with van der Waals surface area (Å²) in [7, 11) is 0. The van der Waals surface area contributed by atoms with Crippen LogP contribution in [0.2, 0.25) is 5.02 Å². The molecule has 0 radical (unpaired) electrons. The lowest BCUT2D eigenvalue weighted by molar-refractivity contribution is 0.458. The zero-order valence-corrected chi connectivity index (χ0v) is 12.0. The molecule has 0 saturated carbocycles. The summed E-state index contributed by atoms with van der Waals surface area (Å²) in [5.41, 5.74) is 0.961. The average molecular weight is 295 g/mol. The van der Waals surface area contributed by atoms with Gasteiger partial charge in [-0.25, -0.2) is 0 Å². The summed E-state index contributed by atoms with van der Waals surface area (Å²) in [5.74, 6) is 0.118. The Hall–Kier alpha value is -1.26. The fourth-order valence-electron chi connectivity index (χ4n) is 2.31. The summed E-state index contributed by atoms with van der Waals surface area (Å²) in [6, 6.07) is 7.48. The van der Waals surface area contributed by atoms with E-state index >= 15 is 0 Å². The topological polar surface area (TPSA) is 36.4 Å². The Balaban J connectivity index is 1.90. The van der Waals surface area contributed by atoms with E-state index in [1.54, 1.807) is 11.3 Å². The third-order valence-corrected chi connectivity index (χ3v) is 4.74. The van der Waals surface area contributed by atoms with Crippen LogP contribution in [0.1, 0.15) is 19.3 Å². The van der Waals surface area contributed by atoms with E-state index in [0.717, 1.165) is 28.7 Å². The van der Waals surface area contributed by atoms with Crippen LogP contribution in [0.15, 0.2) is 24.3 Å². The van der Waals surface area contributed by atoms with E-state index in [4.69, 9.17) is 11.6 Å². The predicted molar refractivity (Wildman–Crippen MR) is 80.3 cm³/mol. The monoisotopic (exact) mass is 294 g/mol. The average Bonchev–Trinajstić information content (AvgIpc) is 2.83. The van der Waals surface area contributed by atoms with E-state index in [0.29, 0.717) is 5.02 Å². The number of anilines is 1. The molecule has 19 heavy (non-hydrogen) atoms. The first-order chi connectivity index (χ1) is 9.24. The van der Waals surface area contributed by atoms with E-state index < -0.39 is 0 Å². The second kappa shape index (κ2) is 5.39. The van der Waals surface area contributed by atoms with Crippen molar-refractivity contribution in [2.45, 2.75) is 19.3 Å². The molecule has 1 aliphatic rings. The van der Waals surface area contributed by atoms with Gasteiger partial charge in [0.2, 0.25) is 5.88 Å². The maximum Gasteiger partial charge on any atom is 0.232 e. The molecule has 1 aromatic heterocycles. The highest BCUT2D eigenvalue weighted by Crippen LogP contribution is 2.39. The van der Waals surface area contributed by atoms with Gasteiger partial charge in [-0.05, 0) is 37.0 Å². The number of halogens is 1. The van der Waals surface area contributed by atoms with Crippen molar-refractivity contribution in [2.75, 3.05) is 18.0 Å². The fraction of sp³-hybridized carbons (Fsp3) is 0.357. The molecular formula is C14H15ClN2OS. The van der Waals surface area contributed by atoms with Gasteiger partial charge in [-0.1, -0.05) is 35.1 Å². The van der Waals surface area contributed by atoms with Gasteiger partial charge < -0.3 is 10.0 Å². The summed E-state index contributed by atoms with van der Waals surface area (Å²) >= 11 is 7.43. The lowest BCUT2D eigenvalue weighted by Crippen LogP contribution is -2.29. The molecule has 100 valence electrons. The van der Waals surface area contributed by atoms with Gasteiger partial charge in [0.25, 0.3) is 0 Å². The molecule has 3 nitrogen and oxygen atoms in total. The van der Waals surface area contributed by atoms with Crippen LogP contribution in [0.4, 0.5) is 5.13 Å². The first-order valence-electron chi connectivity index (χ1n) is 6.45. The van der Waals surface area contributed by atoms with Gasteiger partial charge >= 0.3 is 0 Å². The Morgan fingerprint density at radius 3 is 2.47 bits per heavy atom. The van der Waals surface area contributed by atoms with Crippen LogP contribution in [0.5, 0.6) is 5.88 Å². The van der Waals surface area contributed by atoms with Crippen LogP contribution in [-0.2, 0) is 0 Å². The normalized spacial score (nSPS) is 15.7. The number of hydrogen-bond donors (Lipinski definition) is 1. The zero-order valence-electron chi connectivity index (χ0n) is 10.5. The van der Waals surface area contributed by atoms with Crippen molar-refractivity contribution in [2.24, 2.45) is 0 Å². The molecule has 0 aliphatic carbocycles. The number of aromatic hydroxyl groups is 1. The summed E-state index contributed by atoms with van der Waals surface area (Å²) < 4.78 is 0. The molecule has 0 amide bonds. The Morgan fingerprint density at radius 1 is 1.11 bits per heavy atom. The van der Waals surface area contributed by atoms with Crippen molar-refractivity contribution in [3.8, 4) is 16.3 Å². The Bertz CT molecular complexity index is 561. The van der Waals surface area contributed by atoms with Crippen molar-refractivity contribution in [1.82, 2.24) is 4.98 Å². The second-order valence-corrected chi connectivity index (χ2v) is 6.12. The van der Waals surface area contributed by atoms with Gasteiger partial charge in [0.1, 0.15) is 0 Å². The third kappa shape index (κ3) is 2.69. The molecule has 1 aliphatic heterocycles. The number of thiazole rings is 1. The fourth-order valence-corrected chi connectivity index (χ4v) is 3.45. The number of aromatic nitrogens is 1. The quantitative estimate of drug-likeness (QED) is 0.903. The Kier molecular flexibility index (Phi) is 3.62. The zero-order chi connectivity index (χ0) is 13.2. The van der Waals surface area contributed by atoms with Crippen LogP contribution in [0.25, 0.3) is 10.4 Å². The molecule has 0 unspecified atom stereocenters. The lowest BCUT2D eigenvalue weighted by atomic mass is 10.1. The standard InChI is InChI=1S/C14H15ClN2OS/c15-11-6-4-10(5-7-11)12-13(18)16-14(19-12)17-8-2-1-3-9-17/h4-7,18H,1-3,8-9H2. The van der Waals surface area contributed by atoms with Crippen LogP contribution < -0.4 is 4.90 Å². The number of hydrogen-bond acceptors (Lipinski definition) is 4. The lowest BCUT2D eigenvalue weighted by Gasteiger charge is -2.25. The number of rotatable bonds is 2. The number of nitrogens with zero attached hydrogens (tertiary/aromatic N) is 2. The minimum absolute atomic E-state index is 0.118. The van der Waals surface area contributed by atoms with E-state index in [1.165, 1.54) is 19.3 Å². The summed E-state index contributed by atoms with van der Waals surface area (Å²) in [4.78, 5) is 7.37. The smallest absolute Gasteiger partial charge is 0.232 e. The van der Waals surface area contributed by atoms with E-state index in [9.17, 15) is 5.11 Å². The molecule has 5 heteroatoms. The molecular weight excluding hydrogens is 280 g/mol. The maximum atomic E-state index is 10.0. The summed E-state index contributed by atoms with van der Waals surface area (Å²) in [6.07, 6.45) is 3.70. The minimum Gasteiger partial charge on any atom is -0.492 e. The molecule has 0 bridgehead atoms. The van der Waals surface area contributed by atoms with Crippen LogP contribution >= 0.6 is 22.9 Å². The minimum atomic E-state index is 0.118. The molecule has 1 fully saturated rings. The maximum absolute atomic E-state index is 10.0. The van der Waals surface area contributed by atoms with Crippen molar-refractivity contribution < 1.29 is 5.11 Å². The van der Waals surface area contributed by atoms with Crippen molar-refractivity contribution in [1.29, 1.82) is 0 Å². The molecule has 2 heterocycles. The molecule has 3 rings (SSSR count). The van der Waals surface area contributed by atoms with E-state index in [2.05, 4.69) is 9.88 Å². The van der Waals surface area contributed by atoms with Gasteiger partial charge in [-0.2, -0.15) is 4.98 Å². The van der Waals surface area contributed by atoms with Crippen LogP contribution in [-0.4, -0.2) is 23.2 Å². The van der Waals surface area contributed by atoms with Crippen LogP contribution in [0, 0.1) is 0 Å². The number of benzene rings is 1. The molecule has 0 spiro atoms. The Morgan fingerprint density at radius 2 is 1.79 bits per heavy atom. The van der Waals surface area contributed by atoms with E-state index in [1.807, 2.05) is 24.3 Å². The molecule has 1 saturated heterocycles. The SMILES string of the molecule is Oc1nc(N2CCCCC2)sc1-c1ccc(Cl)cc1. The van der Waals surface area contributed by atoms with Crippen molar-refractivity contribution >= 4 is 28.1 Å². The van der Waals surface area contributed by atoms with E-state index in [-0.39, 0.29) is 5.88 Å². The van der Waals surface area contributed by atoms with Gasteiger partial charge in [0, 0.05) is 18.1 Å². The Labute approximate surface area is 121 Å². The molecule has 1 aromatic carbocycles. The summed E-state index contributed by atoms with van der Waals surface area (Å²) in [5, 5.41) is 11.6. The molecule has 2 aromatic rings. The third-order valence-electron chi connectivity index (χ3n) is 3.33. The largest absolute Gasteiger partial charge is 0.492 e.